The first kappa shape index (κ1) is 13.9. The summed E-state index contributed by atoms with van der Waals surface area (Å²) in [6.07, 6.45) is 0.988. The third-order valence-corrected chi connectivity index (χ3v) is 4.65. The van der Waals surface area contributed by atoms with E-state index in [4.69, 9.17) is 11.6 Å². The Morgan fingerprint density at radius 3 is 2.89 bits per heavy atom. The second kappa shape index (κ2) is 6.10. The van der Waals surface area contributed by atoms with Gasteiger partial charge in [0.05, 0.1) is 6.04 Å². The van der Waals surface area contributed by atoms with E-state index in [0.717, 1.165) is 26.5 Å². The molecule has 1 heterocycles. The maximum atomic E-state index is 6.01. The van der Waals surface area contributed by atoms with Crippen LogP contribution < -0.4 is 5.32 Å². The number of nitrogens with one attached hydrogen (secondary N) is 1. The highest BCUT2D eigenvalue weighted by Crippen LogP contribution is 2.34. The van der Waals surface area contributed by atoms with Crippen LogP contribution in [0.3, 0.4) is 0 Å². The summed E-state index contributed by atoms with van der Waals surface area (Å²) in [7, 11) is 1.94. The topological polar surface area (TPSA) is 37.8 Å². The molecule has 18 heavy (non-hydrogen) atoms. The Morgan fingerprint density at radius 1 is 1.44 bits per heavy atom. The van der Waals surface area contributed by atoms with E-state index < -0.39 is 0 Å². The molecule has 3 nitrogen and oxygen atoms in total. The number of nitrogens with zero attached hydrogens (tertiary/aromatic N) is 2. The van der Waals surface area contributed by atoms with Crippen molar-refractivity contribution in [2.45, 2.75) is 19.4 Å². The van der Waals surface area contributed by atoms with Gasteiger partial charge in [0.15, 0.2) is 0 Å². The van der Waals surface area contributed by atoms with E-state index in [-0.39, 0.29) is 6.04 Å². The minimum atomic E-state index is 0.259. The van der Waals surface area contributed by atoms with E-state index in [1.165, 1.54) is 0 Å². The SMILES string of the molecule is CCC(NC)c1nnc(-c2cc(Cl)ccc2Br)s1. The van der Waals surface area contributed by atoms with Gasteiger partial charge in [-0.05, 0) is 31.7 Å². The average molecular weight is 347 g/mol. The summed E-state index contributed by atoms with van der Waals surface area (Å²) in [5.41, 5.74) is 0.984. The minimum absolute atomic E-state index is 0.259. The molecule has 0 amide bonds. The Kier molecular flexibility index (Phi) is 4.72. The zero-order chi connectivity index (χ0) is 13.1. The number of aromatic nitrogens is 2. The molecule has 2 rings (SSSR count). The van der Waals surface area contributed by atoms with Crippen molar-refractivity contribution in [3.8, 4) is 10.6 Å². The van der Waals surface area contributed by atoms with Gasteiger partial charge in [-0.15, -0.1) is 10.2 Å². The highest BCUT2D eigenvalue weighted by atomic mass is 79.9. The van der Waals surface area contributed by atoms with Crippen LogP contribution in [0.1, 0.15) is 24.4 Å². The molecule has 0 aliphatic heterocycles. The number of hydrogen-bond acceptors (Lipinski definition) is 4. The summed E-state index contributed by atoms with van der Waals surface area (Å²) in [6, 6.07) is 5.93. The van der Waals surface area contributed by atoms with Gasteiger partial charge >= 0.3 is 0 Å². The van der Waals surface area contributed by atoms with Gasteiger partial charge in [-0.2, -0.15) is 0 Å². The molecule has 0 bridgehead atoms. The van der Waals surface area contributed by atoms with Crippen molar-refractivity contribution in [3.05, 3.63) is 32.7 Å². The lowest BCUT2D eigenvalue weighted by Crippen LogP contribution is -2.14. The summed E-state index contributed by atoms with van der Waals surface area (Å²) in [6.45, 7) is 2.12. The predicted molar refractivity (Wildman–Crippen MR) is 80.1 cm³/mol. The first-order valence-electron chi connectivity index (χ1n) is 5.61. The molecule has 0 radical (unpaired) electrons. The van der Waals surface area contributed by atoms with Crippen molar-refractivity contribution < 1.29 is 0 Å². The largest absolute Gasteiger partial charge is 0.311 e. The van der Waals surface area contributed by atoms with Gasteiger partial charge in [-0.1, -0.05) is 45.8 Å². The molecule has 2 aromatic rings. The van der Waals surface area contributed by atoms with E-state index in [1.807, 2.05) is 25.2 Å². The highest BCUT2D eigenvalue weighted by molar-refractivity contribution is 9.10. The van der Waals surface area contributed by atoms with Crippen molar-refractivity contribution in [1.29, 1.82) is 0 Å². The molecule has 0 fully saturated rings. The molecule has 1 atom stereocenters. The number of halogens is 2. The zero-order valence-corrected chi connectivity index (χ0v) is 13.2. The van der Waals surface area contributed by atoms with Gasteiger partial charge in [0.1, 0.15) is 10.0 Å². The minimum Gasteiger partial charge on any atom is -0.311 e. The van der Waals surface area contributed by atoms with E-state index in [9.17, 15) is 0 Å². The lowest BCUT2D eigenvalue weighted by Gasteiger charge is -2.08. The van der Waals surface area contributed by atoms with E-state index in [0.29, 0.717) is 5.02 Å². The Hall–Kier alpha value is -0.490. The summed E-state index contributed by atoms with van der Waals surface area (Å²) >= 11 is 11.1. The molecule has 0 aliphatic carbocycles. The monoisotopic (exact) mass is 345 g/mol. The van der Waals surface area contributed by atoms with Crippen LogP contribution in [0, 0.1) is 0 Å². The third kappa shape index (κ3) is 2.91. The lowest BCUT2D eigenvalue weighted by molar-refractivity contribution is 0.568. The van der Waals surface area contributed by atoms with Gasteiger partial charge in [-0.25, -0.2) is 0 Å². The molecule has 1 unspecified atom stereocenters. The maximum absolute atomic E-state index is 6.01. The zero-order valence-electron chi connectivity index (χ0n) is 10.1. The molecule has 0 saturated heterocycles. The number of benzene rings is 1. The number of rotatable bonds is 4. The normalized spacial score (nSPS) is 12.7. The lowest BCUT2D eigenvalue weighted by atomic mass is 10.2. The molecular weight excluding hydrogens is 334 g/mol. The molecule has 96 valence electrons. The molecule has 6 heteroatoms. The van der Waals surface area contributed by atoms with Gasteiger partial charge in [0.2, 0.25) is 0 Å². The molecule has 1 N–H and O–H groups in total. The summed E-state index contributed by atoms with van der Waals surface area (Å²) < 4.78 is 0.979. The fraction of sp³-hybridized carbons (Fsp3) is 0.333. The van der Waals surface area contributed by atoms with Gasteiger partial charge < -0.3 is 5.32 Å². The van der Waals surface area contributed by atoms with E-state index in [1.54, 1.807) is 11.3 Å². The van der Waals surface area contributed by atoms with Crippen molar-refractivity contribution in [3.63, 3.8) is 0 Å². The summed E-state index contributed by atoms with van der Waals surface area (Å²) in [5.74, 6) is 0. The second-order valence-electron chi connectivity index (χ2n) is 3.82. The average Bonchev–Trinajstić information content (AvgIpc) is 2.83. The first-order valence-corrected chi connectivity index (χ1v) is 7.60. The fourth-order valence-electron chi connectivity index (χ4n) is 1.65. The van der Waals surface area contributed by atoms with Gasteiger partial charge in [0.25, 0.3) is 0 Å². The van der Waals surface area contributed by atoms with E-state index in [2.05, 4.69) is 38.4 Å². The number of hydrogen-bond donors (Lipinski definition) is 1. The predicted octanol–water partition coefficient (Wildman–Crippen LogP) is 4.29. The Morgan fingerprint density at radius 2 is 2.22 bits per heavy atom. The van der Waals surface area contributed by atoms with Crippen LogP contribution in [0.5, 0.6) is 0 Å². The van der Waals surface area contributed by atoms with Crippen molar-refractivity contribution in [2.24, 2.45) is 0 Å². The molecule has 0 aliphatic rings. The van der Waals surface area contributed by atoms with Crippen LogP contribution in [-0.4, -0.2) is 17.2 Å². The Labute approximate surface area is 124 Å². The first-order chi connectivity index (χ1) is 8.65. The maximum Gasteiger partial charge on any atom is 0.149 e. The van der Waals surface area contributed by atoms with Gasteiger partial charge in [0, 0.05) is 15.1 Å². The molecule has 0 spiro atoms. The van der Waals surface area contributed by atoms with Crippen LogP contribution in [0.4, 0.5) is 0 Å². The Balaban J connectivity index is 2.37. The summed E-state index contributed by atoms with van der Waals surface area (Å²) in [5, 5.41) is 14.3. The smallest absolute Gasteiger partial charge is 0.149 e. The van der Waals surface area contributed by atoms with E-state index >= 15 is 0 Å². The molecule has 1 aromatic carbocycles. The van der Waals surface area contributed by atoms with Crippen molar-refractivity contribution in [2.75, 3.05) is 7.05 Å². The molecule has 1 aromatic heterocycles. The van der Waals surface area contributed by atoms with Crippen molar-refractivity contribution >= 4 is 38.9 Å². The molecule has 0 saturated carbocycles. The van der Waals surface area contributed by atoms with Crippen LogP contribution in [0.25, 0.3) is 10.6 Å². The third-order valence-electron chi connectivity index (χ3n) is 2.65. The van der Waals surface area contributed by atoms with Crippen LogP contribution in [-0.2, 0) is 0 Å². The van der Waals surface area contributed by atoms with Crippen LogP contribution >= 0.6 is 38.9 Å². The van der Waals surface area contributed by atoms with Gasteiger partial charge in [-0.3, -0.25) is 0 Å². The fourth-order valence-corrected chi connectivity index (χ4v) is 3.45. The standard InChI is InChI=1S/C12H13BrClN3S/c1-3-10(15-2)12-17-16-11(18-12)8-6-7(14)4-5-9(8)13/h4-6,10,15H,3H2,1-2H3. The summed E-state index contributed by atoms with van der Waals surface area (Å²) in [4.78, 5) is 0. The Bertz CT molecular complexity index is 540. The van der Waals surface area contributed by atoms with Crippen LogP contribution in [0.15, 0.2) is 22.7 Å². The highest BCUT2D eigenvalue weighted by Gasteiger charge is 2.15. The quantitative estimate of drug-likeness (QED) is 0.897. The second-order valence-corrected chi connectivity index (χ2v) is 6.12. The van der Waals surface area contributed by atoms with Crippen LogP contribution in [0.2, 0.25) is 5.02 Å². The van der Waals surface area contributed by atoms with Crippen molar-refractivity contribution in [1.82, 2.24) is 15.5 Å². The molecular formula is C12H13BrClN3S.